The first-order chi connectivity index (χ1) is 2.84. The lowest BCUT2D eigenvalue weighted by Crippen LogP contribution is -1.62. The topological polar surface area (TPSA) is 0 Å². The quantitative estimate of drug-likeness (QED) is 0.443. The highest BCUT2D eigenvalue weighted by Crippen LogP contribution is 2.57. The van der Waals surface area contributed by atoms with E-state index in [-0.39, 0.29) is 0 Å². The van der Waals surface area contributed by atoms with E-state index in [2.05, 4.69) is 13.8 Å². The second-order valence-corrected chi connectivity index (χ2v) is 4.99. The number of rotatable bonds is 1. The maximum atomic E-state index is 2.36. The van der Waals surface area contributed by atoms with Crippen LogP contribution in [0.1, 0.15) is 13.8 Å². The van der Waals surface area contributed by atoms with Crippen LogP contribution in [-0.2, 0) is 0 Å². The minimum Gasteiger partial charge on any atom is -0.103 e. The van der Waals surface area contributed by atoms with Crippen molar-refractivity contribution in [2.24, 2.45) is 0 Å². The molecule has 0 aromatic rings. The fourth-order valence-corrected chi connectivity index (χ4v) is 2.55. The van der Waals surface area contributed by atoms with Crippen LogP contribution in [0.25, 0.3) is 0 Å². The van der Waals surface area contributed by atoms with Gasteiger partial charge in [0.25, 0.3) is 0 Å². The molecular weight excluding hydrogens is 91.0 g/mol. The lowest BCUT2D eigenvalue weighted by atomic mass is 10.6. The SMILES string of the molecule is CCP1CC1C. The molecule has 1 aliphatic heterocycles. The van der Waals surface area contributed by atoms with E-state index in [9.17, 15) is 0 Å². The first-order valence-electron chi connectivity index (χ1n) is 2.58. The van der Waals surface area contributed by atoms with Crippen LogP contribution in [0.3, 0.4) is 0 Å². The molecule has 0 aromatic carbocycles. The average molecular weight is 102 g/mol. The summed E-state index contributed by atoms with van der Waals surface area (Å²) in [6.07, 6.45) is 3.03. The number of hydrogen-bond donors (Lipinski definition) is 0. The largest absolute Gasteiger partial charge is 0.103 e. The van der Waals surface area contributed by atoms with Gasteiger partial charge in [0, 0.05) is 0 Å². The van der Waals surface area contributed by atoms with Crippen LogP contribution >= 0.6 is 7.92 Å². The first kappa shape index (κ1) is 4.59. The zero-order valence-electron chi connectivity index (χ0n) is 4.44. The van der Waals surface area contributed by atoms with Gasteiger partial charge >= 0.3 is 0 Å². The Balaban J connectivity index is 2.09. The predicted octanol–water partition coefficient (Wildman–Crippen LogP) is 1.89. The van der Waals surface area contributed by atoms with Crippen LogP contribution in [0, 0.1) is 0 Å². The third kappa shape index (κ3) is 0.733. The van der Waals surface area contributed by atoms with Gasteiger partial charge in [-0.15, -0.1) is 7.92 Å². The summed E-state index contributed by atoms with van der Waals surface area (Å²) in [5.41, 5.74) is 1.13. The van der Waals surface area contributed by atoms with E-state index in [1.807, 2.05) is 0 Å². The van der Waals surface area contributed by atoms with Gasteiger partial charge in [0.1, 0.15) is 0 Å². The molecule has 0 aromatic heterocycles. The van der Waals surface area contributed by atoms with E-state index in [0.717, 1.165) is 5.66 Å². The first-order valence-corrected chi connectivity index (χ1v) is 4.36. The van der Waals surface area contributed by atoms with Crippen LogP contribution in [0.5, 0.6) is 0 Å². The smallest absolute Gasteiger partial charge is 0.0198 e. The Morgan fingerprint density at radius 3 is 2.33 bits per heavy atom. The lowest BCUT2D eigenvalue weighted by molar-refractivity contribution is 1.24. The summed E-state index contributed by atoms with van der Waals surface area (Å²) < 4.78 is 0. The third-order valence-electron chi connectivity index (χ3n) is 1.39. The minimum absolute atomic E-state index is 0.591. The molecule has 1 fully saturated rings. The monoisotopic (exact) mass is 102 g/mol. The van der Waals surface area contributed by atoms with Crippen molar-refractivity contribution in [1.82, 2.24) is 0 Å². The molecule has 1 saturated heterocycles. The molecule has 1 heterocycles. The lowest BCUT2D eigenvalue weighted by Gasteiger charge is -1.80. The van der Waals surface area contributed by atoms with Crippen LogP contribution in [0.15, 0.2) is 0 Å². The summed E-state index contributed by atoms with van der Waals surface area (Å²) in [5.74, 6) is 0. The van der Waals surface area contributed by atoms with E-state index < -0.39 is 0 Å². The Kier molecular flexibility index (Phi) is 1.15. The molecule has 1 aliphatic rings. The van der Waals surface area contributed by atoms with Crippen molar-refractivity contribution in [2.45, 2.75) is 19.5 Å². The van der Waals surface area contributed by atoms with Crippen molar-refractivity contribution in [3.05, 3.63) is 0 Å². The maximum absolute atomic E-state index is 2.36. The van der Waals surface area contributed by atoms with E-state index in [1.54, 1.807) is 6.16 Å². The van der Waals surface area contributed by atoms with Gasteiger partial charge in [0.15, 0.2) is 0 Å². The Morgan fingerprint density at radius 2 is 2.33 bits per heavy atom. The second-order valence-electron chi connectivity index (χ2n) is 1.94. The summed E-state index contributed by atoms with van der Waals surface area (Å²) in [4.78, 5) is 0. The number of hydrogen-bond acceptors (Lipinski definition) is 0. The van der Waals surface area contributed by atoms with E-state index in [0.29, 0.717) is 7.92 Å². The predicted molar refractivity (Wildman–Crippen MR) is 31.8 cm³/mol. The molecule has 2 unspecified atom stereocenters. The molecule has 1 rings (SSSR count). The Labute approximate surface area is 40.7 Å². The Hall–Kier alpha value is 0.430. The van der Waals surface area contributed by atoms with Gasteiger partial charge in [-0.1, -0.05) is 13.8 Å². The summed E-state index contributed by atoms with van der Waals surface area (Å²) in [5, 5.41) is 0. The highest BCUT2D eigenvalue weighted by Gasteiger charge is 2.28. The average Bonchev–Trinajstić information content (AvgIpc) is 2.19. The third-order valence-corrected chi connectivity index (χ3v) is 4.18. The van der Waals surface area contributed by atoms with Gasteiger partial charge in [0.05, 0.1) is 0 Å². The van der Waals surface area contributed by atoms with Gasteiger partial charge in [-0.25, -0.2) is 0 Å². The Bertz CT molecular complexity index is 49.9. The van der Waals surface area contributed by atoms with Gasteiger partial charge in [-0.3, -0.25) is 0 Å². The van der Waals surface area contributed by atoms with Crippen LogP contribution in [0.4, 0.5) is 0 Å². The molecule has 0 bridgehead atoms. The van der Waals surface area contributed by atoms with E-state index >= 15 is 0 Å². The maximum Gasteiger partial charge on any atom is -0.0198 e. The van der Waals surface area contributed by atoms with E-state index in [1.165, 1.54) is 6.16 Å². The second kappa shape index (κ2) is 1.50. The molecule has 0 spiro atoms. The highest BCUT2D eigenvalue weighted by molar-refractivity contribution is 7.66. The summed E-state index contributed by atoms with van der Waals surface area (Å²) in [7, 11) is 0.591. The Morgan fingerprint density at radius 1 is 1.83 bits per heavy atom. The molecule has 2 atom stereocenters. The van der Waals surface area contributed by atoms with Crippen LogP contribution in [-0.4, -0.2) is 18.0 Å². The van der Waals surface area contributed by atoms with Gasteiger partial charge in [-0.2, -0.15) is 0 Å². The van der Waals surface area contributed by atoms with Crippen molar-refractivity contribution in [2.75, 3.05) is 12.3 Å². The van der Waals surface area contributed by atoms with Gasteiger partial charge in [0.2, 0.25) is 0 Å². The molecule has 0 N–H and O–H groups in total. The van der Waals surface area contributed by atoms with Crippen LogP contribution in [0.2, 0.25) is 0 Å². The zero-order chi connectivity index (χ0) is 4.57. The van der Waals surface area contributed by atoms with Crippen molar-refractivity contribution >= 4 is 7.92 Å². The molecule has 36 valence electrons. The summed E-state index contributed by atoms with van der Waals surface area (Å²) in [6.45, 7) is 4.66. The normalized spacial score (nSPS) is 43.0. The van der Waals surface area contributed by atoms with Crippen molar-refractivity contribution in [3.8, 4) is 0 Å². The molecule has 0 amide bonds. The van der Waals surface area contributed by atoms with Crippen molar-refractivity contribution < 1.29 is 0 Å². The molecular formula is C5H11P. The van der Waals surface area contributed by atoms with E-state index in [4.69, 9.17) is 0 Å². The molecule has 1 heteroatoms. The van der Waals surface area contributed by atoms with Gasteiger partial charge in [-0.05, 0) is 18.0 Å². The highest BCUT2D eigenvalue weighted by atomic mass is 31.1. The van der Waals surface area contributed by atoms with Crippen LogP contribution < -0.4 is 0 Å². The summed E-state index contributed by atoms with van der Waals surface area (Å²) in [6, 6.07) is 0. The fraction of sp³-hybridized carbons (Fsp3) is 1.00. The standard InChI is InChI=1S/C5H11P/c1-3-6-4-5(6)2/h5H,3-4H2,1-2H3. The van der Waals surface area contributed by atoms with Crippen molar-refractivity contribution in [1.29, 1.82) is 0 Å². The molecule has 6 heavy (non-hydrogen) atoms. The summed E-state index contributed by atoms with van der Waals surface area (Å²) >= 11 is 0. The molecule has 0 saturated carbocycles. The zero-order valence-corrected chi connectivity index (χ0v) is 5.33. The van der Waals surface area contributed by atoms with Gasteiger partial charge < -0.3 is 0 Å². The van der Waals surface area contributed by atoms with Crippen molar-refractivity contribution in [3.63, 3.8) is 0 Å². The molecule has 0 radical (unpaired) electrons. The molecule has 0 nitrogen and oxygen atoms in total. The minimum atomic E-state index is 0.591. The molecule has 0 aliphatic carbocycles. The fourth-order valence-electron chi connectivity index (χ4n) is 0.733.